The number of piperidine rings is 1. The minimum absolute atomic E-state index is 0. The van der Waals surface area contributed by atoms with Crippen LogP contribution in [0.15, 0.2) is 23.1 Å². The van der Waals surface area contributed by atoms with Crippen LogP contribution in [-0.2, 0) is 14.8 Å². The number of hydrogen-bond acceptors (Lipinski definition) is 5. The zero-order valence-corrected chi connectivity index (χ0v) is 15.2. The third-order valence-corrected chi connectivity index (χ3v) is 5.55. The second-order valence-electron chi connectivity index (χ2n) is 5.33. The molecular weight excluding hydrogens is 363 g/mol. The number of carbonyl (C=O) groups excluding carboxylic acids is 1. The number of ether oxygens (including phenoxy) is 1. The van der Waals surface area contributed by atoms with Gasteiger partial charge in [-0.3, -0.25) is 0 Å². The molecule has 0 aromatic heterocycles. The molecule has 2 unspecified atom stereocenters. The quantitative estimate of drug-likeness (QED) is 0.775. The summed E-state index contributed by atoms with van der Waals surface area (Å²) in [5.74, 6) is -0.401. The zero-order valence-electron chi connectivity index (χ0n) is 12.8. The SMILES string of the molecule is COC(=O)c1ccc(S(=O)(=O)NC2CCNCC2C)cc1Cl.Cl. The van der Waals surface area contributed by atoms with Crippen LogP contribution in [0.1, 0.15) is 23.7 Å². The highest BCUT2D eigenvalue weighted by atomic mass is 35.5. The number of benzene rings is 1. The Morgan fingerprint density at radius 2 is 2.13 bits per heavy atom. The molecule has 1 saturated heterocycles. The van der Waals surface area contributed by atoms with Crippen LogP contribution in [-0.4, -0.2) is 40.6 Å². The molecule has 1 aromatic carbocycles. The molecule has 130 valence electrons. The highest BCUT2D eigenvalue weighted by molar-refractivity contribution is 7.89. The van der Waals surface area contributed by atoms with Gasteiger partial charge in [-0.2, -0.15) is 0 Å². The minimum Gasteiger partial charge on any atom is -0.465 e. The maximum atomic E-state index is 12.4. The second-order valence-corrected chi connectivity index (χ2v) is 7.45. The monoisotopic (exact) mass is 382 g/mol. The van der Waals surface area contributed by atoms with E-state index in [9.17, 15) is 13.2 Å². The van der Waals surface area contributed by atoms with Crippen molar-refractivity contribution < 1.29 is 17.9 Å². The number of esters is 1. The van der Waals surface area contributed by atoms with E-state index in [1.165, 1.54) is 25.3 Å². The molecule has 0 bridgehead atoms. The average Bonchev–Trinajstić information content (AvgIpc) is 2.48. The van der Waals surface area contributed by atoms with Crippen molar-refractivity contribution in [2.24, 2.45) is 5.92 Å². The van der Waals surface area contributed by atoms with Crippen LogP contribution in [0.5, 0.6) is 0 Å². The molecule has 0 aliphatic carbocycles. The van der Waals surface area contributed by atoms with Gasteiger partial charge < -0.3 is 10.1 Å². The van der Waals surface area contributed by atoms with Gasteiger partial charge in [0.15, 0.2) is 0 Å². The van der Waals surface area contributed by atoms with E-state index in [0.717, 1.165) is 19.5 Å². The smallest absolute Gasteiger partial charge is 0.339 e. The predicted octanol–water partition coefficient (Wildman–Crippen LogP) is 1.82. The first-order chi connectivity index (χ1) is 10.3. The first-order valence-corrected chi connectivity index (χ1v) is 8.82. The number of rotatable bonds is 4. The first-order valence-electron chi connectivity index (χ1n) is 6.96. The van der Waals surface area contributed by atoms with Crippen LogP contribution in [0.4, 0.5) is 0 Å². The van der Waals surface area contributed by atoms with E-state index < -0.39 is 16.0 Å². The Bertz CT molecular complexity index is 667. The summed E-state index contributed by atoms with van der Waals surface area (Å²) in [5, 5.41) is 3.27. The summed E-state index contributed by atoms with van der Waals surface area (Å²) in [7, 11) is -2.44. The largest absolute Gasteiger partial charge is 0.465 e. The van der Waals surface area contributed by atoms with Crippen molar-refractivity contribution in [2.45, 2.75) is 24.3 Å². The fourth-order valence-corrected chi connectivity index (χ4v) is 4.12. The van der Waals surface area contributed by atoms with E-state index in [4.69, 9.17) is 11.6 Å². The fraction of sp³-hybridized carbons (Fsp3) is 0.500. The maximum absolute atomic E-state index is 12.4. The summed E-state index contributed by atoms with van der Waals surface area (Å²) in [5.41, 5.74) is 0.137. The summed E-state index contributed by atoms with van der Waals surface area (Å²) in [6, 6.07) is 3.85. The molecule has 23 heavy (non-hydrogen) atoms. The summed E-state index contributed by atoms with van der Waals surface area (Å²) in [4.78, 5) is 11.5. The van der Waals surface area contributed by atoms with Crippen molar-refractivity contribution >= 4 is 40.0 Å². The molecule has 2 atom stereocenters. The van der Waals surface area contributed by atoms with Crippen molar-refractivity contribution in [3.05, 3.63) is 28.8 Å². The first kappa shape index (κ1) is 20.2. The minimum atomic E-state index is -3.68. The number of hydrogen-bond donors (Lipinski definition) is 2. The number of methoxy groups -OCH3 is 1. The molecule has 0 saturated carbocycles. The summed E-state index contributed by atoms with van der Waals surface area (Å²) in [6.07, 6.45) is 0.731. The van der Waals surface area contributed by atoms with Gasteiger partial charge in [-0.1, -0.05) is 18.5 Å². The zero-order chi connectivity index (χ0) is 16.3. The van der Waals surface area contributed by atoms with Crippen molar-refractivity contribution in [1.29, 1.82) is 0 Å². The maximum Gasteiger partial charge on any atom is 0.339 e. The fourth-order valence-electron chi connectivity index (χ4n) is 2.39. The van der Waals surface area contributed by atoms with Gasteiger partial charge >= 0.3 is 5.97 Å². The predicted molar refractivity (Wildman–Crippen MR) is 90.8 cm³/mol. The molecule has 1 aliphatic heterocycles. The molecule has 1 fully saturated rings. The van der Waals surface area contributed by atoms with Crippen molar-refractivity contribution in [3.63, 3.8) is 0 Å². The van der Waals surface area contributed by atoms with E-state index in [0.29, 0.717) is 0 Å². The van der Waals surface area contributed by atoms with Gasteiger partial charge in [0.25, 0.3) is 0 Å². The molecule has 0 spiro atoms. The van der Waals surface area contributed by atoms with Crippen LogP contribution in [0, 0.1) is 5.92 Å². The van der Waals surface area contributed by atoms with Gasteiger partial charge in [0, 0.05) is 6.04 Å². The normalized spacial score (nSPS) is 21.3. The van der Waals surface area contributed by atoms with Gasteiger partial charge in [-0.05, 0) is 43.6 Å². The Balaban J connectivity index is 0.00000264. The Morgan fingerprint density at radius 3 is 2.70 bits per heavy atom. The van der Waals surface area contributed by atoms with Gasteiger partial charge in [-0.15, -0.1) is 12.4 Å². The average molecular weight is 383 g/mol. The van der Waals surface area contributed by atoms with Gasteiger partial charge in [0.2, 0.25) is 10.0 Å². The molecular formula is C14H20Cl2N2O4S. The number of halogens is 2. The van der Waals surface area contributed by atoms with E-state index in [1.54, 1.807) is 0 Å². The lowest BCUT2D eigenvalue weighted by molar-refractivity contribution is 0.0601. The van der Waals surface area contributed by atoms with E-state index >= 15 is 0 Å². The molecule has 1 heterocycles. The van der Waals surface area contributed by atoms with E-state index in [1.807, 2.05) is 6.92 Å². The summed E-state index contributed by atoms with van der Waals surface area (Å²) >= 11 is 5.98. The van der Waals surface area contributed by atoms with Crippen molar-refractivity contribution in [3.8, 4) is 0 Å². The Morgan fingerprint density at radius 1 is 1.43 bits per heavy atom. The highest BCUT2D eigenvalue weighted by Crippen LogP contribution is 2.22. The molecule has 1 aromatic rings. The Labute approximate surface area is 147 Å². The Kier molecular flexibility index (Phi) is 7.29. The third-order valence-electron chi connectivity index (χ3n) is 3.75. The summed E-state index contributed by atoms with van der Waals surface area (Å²) < 4.78 is 32.2. The lowest BCUT2D eigenvalue weighted by atomic mass is 9.97. The third kappa shape index (κ3) is 4.81. The van der Waals surface area contributed by atoms with Gasteiger partial charge in [0.05, 0.1) is 22.6 Å². The topological polar surface area (TPSA) is 84.5 Å². The van der Waals surface area contributed by atoms with Crippen LogP contribution < -0.4 is 10.0 Å². The van der Waals surface area contributed by atoms with Crippen LogP contribution >= 0.6 is 24.0 Å². The van der Waals surface area contributed by atoms with Crippen LogP contribution in [0.3, 0.4) is 0 Å². The van der Waals surface area contributed by atoms with Crippen molar-refractivity contribution in [2.75, 3.05) is 20.2 Å². The Hall–Kier alpha value is -0.860. The molecule has 0 radical (unpaired) electrons. The van der Waals surface area contributed by atoms with Gasteiger partial charge in [-0.25, -0.2) is 17.9 Å². The molecule has 6 nitrogen and oxygen atoms in total. The number of nitrogens with one attached hydrogen (secondary N) is 2. The van der Waals surface area contributed by atoms with E-state index in [-0.39, 0.29) is 39.8 Å². The van der Waals surface area contributed by atoms with Crippen LogP contribution in [0.2, 0.25) is 5.02 Å². The van der Waals surface area contributed by atoms with Crippen LogP contribution in [0.25, 0.3) is 0 Å². The number of carbonyl (C=O) groups is 1. The highest BCUT2D eigenvalue weighted by Gasteiger charge is 2.27. The second kappa shape index (κ2) is 8.30. The molecule has 0 amide bonds. The molecule has 9 heteroatoms. The van der Waals surface area contributed by atoms with E-state index in [2.05, 4.69) is 14.8 Å². The van der Waals surface area contributed by atoms with Gasteiger partial charge in [0.1, 0.15) is 0 Å². The molecule has 2 N–H and O–H groups in total. The molecule has 1 aliphatic rings. The van der Waals surface area contributed by atoms with Crippen molar-refractivity contribution in [1.82, 2.24) is 10.0 Å². The number of sulfonamides is 1. The summed E-state index contributed by atoms with van der Waals surface area (Å²) in [6.45, 7) is 3.54. The lowest BCUT2D eigenvalue weighted by Gasteiger charge is -2.30. The molecule has 2 rings (SSSR count). The standard InChI is InChI=1S/C14H19ClN2O4S.ClH/c1-9-8-16-6-5-13(9)17-22(19,20)10-3-4-11(12(15)7-10)14(18)21-2;/h3-4,7,9,13,16-17H,5-6,8H2,1-2H3;1H. The lowest BCUT2D eigenvalue weighted by Crippen LogP contribution is -2.48.